The summed E-state index contributed by atoms with van der Waals surface area (Å²) in [4.78, 5) is 25.8. The fraction of sp³-hybridized carbons (Fsp3) is 0.222. The second-order valence-corrected chi connectivity index (χ2v) is 6.97. The summed E-state index contributed by atoms with van der Waals surface area (Å²) in [6.07, 6.45) is 0. The topological polar surface area (TPSA) is 58.6 Å². The number of carbonyl (C=O) groups is 2. The molecule has 1 aliphatic heterocycles. The fourth-order valence-corrected chi connectivity index (χ4v) is 3.49. The highest BCUT2D eigenvalue weighted by atomic mass is 35.5. The second kappa shape index (κ2) is 7.74. The van der Waals surface area contributed by atoms with Crippen LogP contribution in [0.2, 0.25) is 15.1 Å². The van der Waals surface area contributed by atoms with E-state index in [0.717, 1.165) is 0 Å². The molecule has 8 heteroatoms. The van der Waals surface area contributed by atoms with Crippen molar-refractivity contribution in [2.24, 2.45) is 0 Å². The summed E-state index contributed by atoms with van der Waals surface area (Å²) < 4.78 is 5.66. The minimum absolute atomic E-state index is 0.239. The molecule has 0 radical (unpaired) electrons. The average molecular weight is 414 g/mol. The first-order valence-corrected chi connectivity index (χ1v) is 8.96. The van der Waals surface area contributed by atoms with Crippen LogP contribution in [0.15, 0.2) is 36.4 Å². The highest BCUT2D eigenvalue weighted by molar-refractivity contribution is 6.38. The van der Waals surface area contributed by atoms with Crippen molar-refractivity contribution in [3.05, 3.63) is 57.0 Å². The lowest BCUT2D eigenvalue weighted by molar-refractivity contribution is -0.126. The van der Waals surface area contributed by atoms with Gasteiger partial charge in [0.15, 0.2) is 0 Å². The zero-order valence-electron chi connectivity index (χ0n) is 13.8. The number of hydrogen-bond donors (Lipinski definition) is 1. The molecule has 2 aromatic rings. The third kappa shape index (κ3) is 3.75. The lowest BCUT2D eigenvalue weighted by Crippen LogP contribution is -2.38. The van der Waals surface area contributed by atoms with Gasteiger partial charge in [-0.05, 0) is 36.4 Å². The number of amides is 2. The standard InChI is InChI=1S/C18H15Cl3N2O3/c1-10(24)22-16-15-13(20)6-7-14(21)17(15)23(18(16)25)8-9-26-12-4-2-11(19)3-5-12/h2-7,16H,8-9H2,1H3,(H,22,24)/t16-/m0/s1. The van der Waals surface area contributed by atoms with Crippen LogP contribution >= 0.6 is 34.8 Å². The molecule has 0 fully saturated rings. The molecule has 5 nitrogen and oxygen atoms in total. The first kappa shape index (κ1) is 18.8. The molecule has 3 rings (SSSR count). The van der Waals surface area contributed by atoms with Crippen LogP contribution in [-0.2, 0) is 9.59 Å². The summed E-state index contributed by atoms with van der Waals surface area (Å²) in [6, 6.07) is 9.30. The van der Waals surface area contributed by atoms with Crippen molar-refractivity contribution in [2.75, 3.05) is 18.1 Å². The molecule has 1 aliphatic rings. The van der Waals surface area contributed by atoms with Crippen molar-refractivity contribution in [1.29, 1.82) is 0 Å². The van der Waals surface area contributed by atoms with Crippen LogP contribution in [0.1, 0.15) is 18.5 Å². The molecule has 1 N–H and O–H groups in total. The van der Waals surface area contributed by atoms with Crippen LogP contribution in [-0.4, -0.2) is 25.0 Å². The zero-order valence-corrected chi connectivity index (χ0v) is 16.0. The fourth-order valence-electron chi connectivity index (χ4n) is 2.84. The van der Waals surface area contributed by atoms with E-state index in [1.807, 2.05) is 0 Å². The Morgan fingerprint density at radius 2 is 1.77 bits per heavy atom. The number of ether oxygens (including phenoxy) is 1. The Morgan fingerprint density at radius 3 is 2.42 bits per heavy atom. The molecule has 2 amide bonds. The van der Waals surface area contributed by atoms with Gasteiger partial charge in [0.2, 0.25) is 5.91 Å². The zero-order chi connectivity index (χ0) is 18.8. The summed E-state index contributed by atoms with van der Waals surface area (Å²) in [5.41, 5.74) is 1.01. The van der Waals surface area contributed by atoms with Crippen LogP contribution in [0.5, 0.6) is 5.75 Å². The van der Waals surface area contributed by atoms with Gasteiger partial charge in [0.25, 0.3) is 5.91 Å². The number of hydrogen-bond acceptors (Lipinski definition) is 3. The predicted octanol–water partition coefficient (Wildman–Crippen LogP) is 4.25. The van der Waals surface area contributed by atoms with E-state index in [2.05, 4.69) is 5.32 Å². The van der Waals surface area contributed by atoms with Crippen LogP contribution in [0.4, 0.5) is 5.69 Å². The Hall–Kier alpha value is -1.95. The lowest BCUT2D eigenvalue weighted by Gasteiger charge is -2.19. The van der Waals surface area contributed by atoms with Gasteiger partial charge in [0, 0.05) is 22.5 Å². The molecule has 26 heavy (non-hydrogen) atoms. The van der Waals surface area contributed by atoms with Crippen molar-refractivity contribution >= 4 is 52.3 Å². The summed E-state index contributed by atoms with van der Waals surface area (Å²) in [6.45, 7) is 1.84. The Labute approximate surface area is 165 Å². The van der Waals surface area contributed by atoms with Crippen molar-refractivity contribution in [1.82, 2.24) is 5.32 Å². The van der Waals surface area contributed by atoms with Gasteiger partial charge in [0.05, 0.1) is 17.3 Å². The molecule has 0 aromatic heterocycles. The van der Waals surface area contributed by atoms with Crippen molar-refractivity contribution < 1.29 is 14.3 Å². The van der Waals surface area contributed by atoms with Gasteiger partial charge >= 0.3 is 0 Å². The van der Waals surface area contributed by atoms with Crippen LogP contribution in [0.3, 0.4) is 0 Å². The number of anilines is 1. The Morgan fingerprint density at radius 1 is 1.12 bits per heavy atom. The maximum Gasteiger partial charge on any atom is 0.254 e. The average Bonchev–Trinajstić information content (AvgIpc) is 2.86. The van der Waals surface area contributed by atoms with Crippen LogP contribution in [0, 0.1) is 0 Å². The summed E-state index contributed by atoms with van der Waals surface area (Å²) in [5, 5.41) is 4.00. The third-order valence-corrected chi connectivity index (χ3v) is 4.82. The number of fused-ring (bicyclic) bond motifs is 1. The first-order chi connectivity index (χ1) is 12.4. The molecule has 1 atom stereocenters. The van der Waals surface area contributed by atoms with Crippen molar-refractivity contribution in [2.45, 2.75) is 13.0 Å². The number of rotatable bonds is 5. The minimum Gasteiger partial charge on any atom is -0.492 e. The smallest absolute Gasteiger partial charge is 0.254 e. The SMILES string of the molecule is CC(=O)N[C@@H]1C(=O)N(CCOc2ccc(Cl)cc2)c2c(Cl)ccc(Cl)c21. The van der Waals surface area contributed by atoms with E-state index in [1.54, 1.807) is 36.4 Å². The van der Waals surface area contributed by atoms with Crippen molar-refractivity contribution in [3.63, 3.8) is 0 Å². The molecule has 1 heterocycles. The number of nitrogens with one attached hydrogen (secondary N) is 1. The number of halogens is 3. The van der Waals surface area contributed by atoms with Crippen molar-refractivity contribution in [3.8, 4) is 5.75 Å². The maximum atomic E-state index is 12.8. The van der Waals surface area contributed by atoms with E-state index in [9.17, 15) is 9.59 Å². The number of benzene rings is 2. The van der Waals surface area contributed by atoms with Gasteiger partial charge < -0.3 is 15.0 Å². The largest absolute Gasteiger partial charge is 0.492 e. The monoisotopic (exact) mass is 412 g/mol. The molecule has 0 saturated heterocycles. The third-order valence-electron chi connectivity index (χ3n) is 3.93. The maximum absolute atomic E-state index is 12.8. The van der Waals surface area contributed by atoms with Gasteiger partial charge in [-0.2, -0.15) is 0 Å². The van der Waals surface area contributed by atoms with E-state index in [0.29, 0.717) is 32.1 Å². The van der Waals surface area contributed by atoms with Gasteiger partial charge in [-0.1, -0.05) is 34.8 Å². The summed E-state index contributed by atoms with van der Waals surface area (Å²) >= 11 is 18.4. The van der Waals surface area contributed by atoms with Gasteiger partial charge in [-0.25, -0.2) is 0 Å². The van der Waals surface area contributed by atoms with E-state index in [-0.39, 0.29) is 25.0 Å². The normalized spacial score (nSPS) is 15.8. The van der Waals surface area contributed by atoms with Gasteiger partial charge in [0.1, 0.15) is 18.4 Å². The quantitative estimate of drug-likeness (QED) is 0.797. The lowest BCUT2D eigenvalue weighted by atomic mass is 10.1. The molecule has 0 aliphatic carbocycles. The summed E-state index contributed by atoms with van der Waals surface area (Å²) in [5.74, 6) is 0.00591. The van der Waals surface area contributed by atoms with Crippen LogP contribution < -0.4 is 15.0 Å². The highest BCUT2D eigenvalue weighted by Crippen LogP contribution is 2.44. The highest BCUT2D eigenvalue weighted by Gasteiger charge is 2.40. The Bertz CT molecular complexity index is 856. The molecule has 0 bridgehead atoms. The van der Waals surface area contributed by atoms with E-state index in [1.165, 1.54) is 11.8 Å². The number of carbonyl (C=O) groups excluding carboxylic acids is 2. The van der Waals surface area contributed by atoms with Gasteiger partial charge in [-0.15, -0.1) is 0 Å². The molecule has 0 unspecified atom stereocenters. The molecular formula is C18H15Cl3N2O3. The Balaban J connectivity index is 1.81. The molecular weight excluding hydrogens is 399 g/mol. The predicted molar refractivity (Wildman–Crippen MR) is 102 cm³/mol. The molecule has 0 saturated carbocycles. The molecule has 136 valence electrons. The second-order valence-electron chi connectivity index (χ2n) is 5.72. The summed E-state index contributed by atoms with van der Waals surface area (Å²) in [7, 11) is 0. The first-order valence-electron chi connectivity index (χ1n) is 7.83. The molecule has 0 spiro atoms. The molecule has 2 aromatic carbocycles. The van der Waals surface area contributed by atoms with Crippen LogP contribution in [0.25, 0.3) is 0 Å². The van der Waals surface area contributed by atoms with E-state index >= 15 is 0 Å². The number of nitrogens with zero attached hydrogens (tertiary/aromatic N) is 1. The minimum atomic E-state index is -0.857. The van der Waals surface area contributed by atoms with Gasteiger partial charge in [-0.3, -0.25) is 9.59 Å². The Kier molecular flexibility index (Phi) is 5.61. The van der Waals surface area contributed by atoms with E-state index in [4.69, 9.17) is 39.5 Å². The van der Waals surface area contributed by atoms with E-state index < -0.39 is 6.04 Å².